The Balaban J connectivity index is 1.72. The van der Waals surface area contributed by atoms with Gasteiger partial charge in [0.15, 0.2) is 5.65 Å². The topological polar surface area (TPSA) is 75.3 Å². The second-order valence-corrected chi connectivity index (χ2v) is 4.85. The number of benzene rings is 1. The molecule has 120 valence electrons. The van der Waals surface area contributed by atoms with Crippen LogP contribution in [0.5, 0.6) is 5.75 Å². The molecule has 3 rings (SSSR count). The number of aromatic nitrogens is 4. The number of phenols is 1. The van der Waals surface area contributed by atoms with Crippen molar-refractivity contribution >= 4 is 11.5 Å². The summed E-state index contributed by atoms with van der Waals surface area (Å²) in [7, 11) is 0. The molecule has 3 aromatic rings. The van der Waals surface area contributed by atoms with Crippen LogP contribution in [-0.2, 0) is 12.6 Å². The third-order valence-corrected chi connectivity index (χ3v) is 3.17. The lowest BCUT2D eigenvalue weighted by molar-refractivity contribution is -0.146. The zero-order valence-corrected chi connectivity index (χ0v) is 11.7. The molecule has 2 N–H and O–H groups in total. The number of halogens is 3. The Bertz CT molecular complexity index is 813. The minimum atomic E-state index is -4.61. The summed E-state index contributed by atoms with van der Waals surface area (Å²) < 4.78 is 39.0. The van der Waals surface area contributed by atoms with E-state index in [0.717, 1.165) is 5.56 Å². The molecule has 2 aromatic heterocycles. The van der Waals surface area contributed by atoms with Gasteiger partial charge in [-0.25, -0.2) is 0 Å². The Kier molecular flexibility index (Phi) is 3.77. The number of alkyl halides is 3. The van der Waals surface area contributed by atoms with E-state index in [4.69, 9.17) is 0 Å². The predicted molar refractivity (Wildman–Crippen MR) is 76.1 cm³/mol. The normalized spacial score (nSPS) is 11.8. The van der Waals surface area contributed by atoms with Crippen LogP contribution in [0.2, 0.25) is 0 Å². The molecule has 0 atom stereocenters. The van der Waals surface area contributed by atoms with Crippen molar-refractivity contribution in [1.29, 1.82) is 0 Å². The van der Waals surface area contributed by atoms with Gasteiger partial charge in [0.2, 0.25) is 0 Å². The first-order valence-electron chi connectivity index (χ1n) is 6.75. The molecule has 9 heteroatoms. The van der Waals surface area contributed by atoms with Crippen molar-refractivity contribution in [2.75, 3.05) is 11.9 Å². The summed E-state index contributed by atoms with van der Waals surface area (Å²) in [4.78, 5) is 0. The molecule has 1 aromatic carbocycles. The molecule has 0 aliphatic heterocycles. The Morgan fingerprint density at radius 1 is 1.04 bits per heavy atom. The molecule has 6 nitrogen and oxygen atoms in total. The van der Waals surface area contributed by atoms with Crippen LogP contribution in [0.1, 0.15) is 11.4 Å². The fourth-order valence-corrected chi connectivity index (χ4v) is 2.06. The van der Waals surface area contributed by atoms with Crippen molar-refractivity contribution < 1.29 is 18.3 Å². The highest BCUT2D eigenvalue weighted by Gasteiger charge is 2.37. The van der Waals surface area contributed by atoms with Crippen molar-refractivity contribution in [1.82, 2.24) is 19.8 Å². The van der Waals surface area contributed by atoms with Gasteiger partial charge in [-0.3, -0.25) is 0 Å². The highest BCUT2D eigenvalue weighted by atomic mass is 19.4. The molecule has 0 saturated carbocycles. The van der Waals surface area contributed by atoms with E-state index in [1.165, 1.54) is 6.07 Å². The molecular weight excluding hydrogens is 311 g/mol. The summed E-state index contributed by atoms with van der Waals surface area (Å²) in [5.41, 5.74) is 1.01. The Hall–Kier alpha value is -2.84. The maximum absolute atomic E-state index is 12.8. The van der Waals surface area contributed by atoms with Gasteiger partial charge in [0.05, 0.1) is 0 Å². The maximum atomic E-state index is 12.8. The van der Waals surface area contributed by atoms with Gasteiger partial charge in [-0.2, -0.15) is 17.7 Å². The molecule has 0 spiro atoms. The SMILES string of the molecule is Oc1ccc(CCNc2ccc3nnc(C(F)(F)F)n3n2)cc1. The molecule has 0 aliphatic carbocycles. The van der Waals surface area contributed by atoms with E-state index >= 15 is 0 Å². The molecule has 0 fully saturated rings. The lowest BCUT2D eigenvalue weighted by Crippen LogP contribution is -2.14. The second-order valence-electron chi connectivity index (χ2n) is 4.85. The molecule has 0 unspecified atom stereocenters. The minimum Gasteiger partial charge on any atom is -0.508 e. The Morgan fingerprint density at radius 2 is 1.78 bits per heavy atom. The molecule has 0 bridgehead atoms. The van der Waals surface area contributed by atoms with Gasteiger partial charge in [0.1, 0.15) is 11.6 Å². The standard InChI is InChI=1S/C14H12F3N5O/c15-14(16,17)13-20-19-12-6-5-11(21-22(12)13)18-8-7-9-1-3-10(23)4-2-9/h1-6,23H,7-8H2,(H,18,21). The van der Waals surface area contributed by atoms with Gasteiger partial charge in [-0.15, -0.1) is 15.3 Å². The monoisotopic (exact) mass is 323 g/mol. The van der Waals surface area contributed by atoms with E-state index < -0.39 is 12.0 Å². The molecule has 2 heterocycles. The number of nitrogens with zero attached hydrogens (tertiary/aromatic N) is 4. The lowest BCUT2D eigenvalue weighted by atomic mass is 10.1. The molecule has 0 saturated heterocycles. The molecular formula is C14H12F3N5O. The van der Waals surface area contributed by atoms with Gasteiger partial charge in [-0.1, -0.05) is 12.1 Å². The van der Waals surface area contributed by atoms with Crippen LogP contribution in [0.3, 0.4) is 0 Å². The maximum Gasteiger partial charge on any atom is 0.453 e. The van der Waals surface area contributed by atoms with Crippen molar-refractivity contribution in [3.63, 3.8) is 0 Å². The largest absolute Gasteiger partial charge is 0.508 e. The van der Waals surface area contributed by atoms with E-state index in [9.17, 15) is 18.3 Å². The van der Waals surface area contributed by atoms with Crippen LogP contribution < -0.4 is 5.32 Å². The average molecular weight is 323 g/mol. The third-order valence-electron chi connectivity index (χ3n) is 3.17. The van der Waals surface area contributed by atoms with Crippen LogP contribution in [0.15, 0.2) is 36.4 Å². The number of phenolic OH excluding ortho intramolecular Hbond substituents is 1. The number of hydrogen-bond acceptors (Lipinski definition) is 5. The molecule has 0 radical (unpaired) electrons. The van der Waals surface area contributed by atoms with Crippen LogP contribution in [-0.4, -0.2) is 31.5 Å². The zero-order chi connectivity index (χ0) is 16.4. The van der Waals surface area contributed by atoms with E-state index in [2.05, 4.69) is 20.6 Å². The summed E-state index contributed by atoms with van der Waals surface area (Å²) in [5.74, 6) is -0.683. The predicted octanol–water partition coefficient (Wildman–Crippen LogP) is 2.50. The highest BCUT2D eigenvalue weighted by Crippen LogP contribution is 2.27. The van der Waals surface area contributed by atoms with Gasteiger partial charge in [-0.05, 0) is 36.2 Å². The number of aromatic hydroxyl groups is 1. The quantitative estimate of drug-likeness (QED) is 0.771. The van der Waals surface area contributed by atoms with E-state index in [0.29, 0.717) is 23.3 Å². The van der Waals surface area contributed by atoms with Crippen molar-refractivity contribution in [3.05, 3.63) is 47.8 Å². The smallest absolute Gasteiger partial charge is 0.453 e. The molecule has 23 heavy (non-hydrogen) atoms. The van der Waals surface area contributed by atoms with E-state index in [1.54, 1.807) is 30.3 Å². The van der Waals surface area contributed by atoms with Crippen LogP contribution in [0, 0.1) is 0 Å². The summed E-state index contributed by atoms with van der Waals surface area (Å²) in [6.07, 6.45) is -3.98. The highest BCUT2D eigenvalue weighted by molar-refractivity contribution is 5.44. The first-order valence-corrected chi connectivity index (χ1v) is 6.75. The average Bonchev–Trinajstić information content (AvgIpc) is 2.92. The fourth-order valence-electron chi connectivity index (χ4n) is 2.06. The van der Waals surface area contributed by atoms with Crippen LogP contribution >= 0.6 is 0 Å². The number of hydrogen-bond donors (Lipinski definition) is 2. The van der Waals surface area contributed by atoms with Crippen molar-refractivity contribution in [2.45, 2.75) is 12.6 Å². The molecule has 0 amide bonds. The Morgan fingerprint density at radius 3 is 2.48 bits per heavy atom. The van der Waals surface area contributed by atoms with Crippen LogP contribution in [0.4, 0.5) is 19.0 Å². The van der Waals surface area contributed by atoms with E-state index in [1.807, 2.05) is 0 Å². The van der Waals surface area contributed by atoms with Gasteiger partial charge in [0.25, 0.3) is 5.82 Å². The number of fused-ring (bicyclic) bond motifs is 1. The first kappa shape index (κ1) is 15.1. The lowest BCUT2D eigenvalue weighted by Gasteiger charge is -2.07. The number of nitrogens with one attached hydrogen (secondary N) is 1. The zero-order valence-electron chi connectivity index (χ0n) is 11.7. The first-order chi connectivity index (χ1) is 10.9. The third kappa shape index (κ3) is 3.33. The summed E-state index contributed by atoms with van der Waals surface area (Å²) in [6.45, 7) is 0.479. The van der Waals surface area contributed by atoms with Gasteiger partial charge in [0, 0.05) is 6.54 Å². The Labute approximate surface area is 128 Å². The number of rotatable bonds is 4. The molecule has 0 aliphatic rings. The van der Waals surface area contributed by atoms with E-state index in [-0.39, 0.29) is 11.4 Å². The number of anilines is 1. The summed E-state index contributed by atoms with van der Waals surface area (Å²) in [5, 5.41) is 22.6. The van der Waals surface area contributed by atoms with Crippen molar-refractivity contribution in [3.8, 4) is 5.75 Å². The summed E-state index contributed by atoms with van der Waals surface area (Å²) in [6, 6.07) is 9.66. The minimum absolute atomic E-state index is 0.0291. The van der Waals surface area contributed by atoms with Gasteiger partial charge < -0.3 is 10.4 Å². The van der Waals surface area contributed by atoms with Crippen LogP contribution in [0.25, 0.3) is 5.65 Å². The summed E-state index contributed by atoms with van der Waals surface area (Å²) >= 11 is 0. The van der Waals surface area contributed by atoms with Gasteiger partial charge >= 0.3 is 6.18 Å². The fraction of sp³-hybridized carbons (Fsp3) is 0.214. The second kappa shape index (κ2) is 5.75. The van der Waals surface area contributed by atoms with Crippen molar-refractivity contribution in [2.24, 2.45) is 0 Å².